The van der Waals surface area contributed by atoms with Crippen molar-refractivity contribution in [1.29, 1.82) is 0 Å². The summed E-state index contributed by atoms with van der Waals surface area (Å²) in [7, 11) is 2.10. The number of carbonyl (C=O) groups is 1. The third kappa shape index (κ3) is 1.47. The van der Waals surface area contributed by atoms with Crippen LogP contribution in [0.2, 0.25) is 0 Å². The molecule has 0 saturated carbocycles. The van der Waals surface area contributed by atoms with Gasteiger partial charge in [-0.05, 0) is 32.7 Å². The molecule has 2 N–H and O–H groups in total. The smallest absolute Gasteiger partial charge is 0.234 e. The average Bonchev–Trinajstić information content (AvgIpc) is 2.54. The van der Waals surface area contributed by atoms with E-state index in [1.54, 1.807) is 0 Å². The summed E-state index contributed by atoms with van der Waals surface area (Å²) >= 11 is 0. The second-order valence-electron chi connectivity index (χ2n) is 5.40. The highest BCUT2D eigenvalue weighted by Gasteiger charge is 2.47. The fourth-order valence-corrected chi connectivity index (χ4v) is 3.52. The molecule has 0 aromatic heterocycles. The minimum atomic E-state index is 0.175. The lowest BCUT2D eigenvalue weighted by Gasteiger charge is -2.49. The Hall–Kier alpha value is -0.610. The Labute approximate surface area is 90.4 Å². The van der Waals surface area contributed by atoms with Crippen molar-refractivity contribution < 1.29 is 4.79 Å². The molecule has 4 heteroatoms. The van der Waals surface area contributed by atoms with Gasteiger partial charge in [-0.2, -0.15) is 0 Å². The number of fused-ring (bicyclic) bond motifs is 2. The summed E-state index contributed by atoms with van der Waals surface area (Å²) in [5, 5.41) is 6.69. The van der Waals surface area contributed by atoms with Crippen LogP contribution in [0.15, 0.2) is 0 Å². The average molecular weight is 209 g/mol. The van der Waals surface area contributed by atoms with Crippen LogP contribution in [0.3, 0.4) is 0 Å². The highest BCUT2D eigenvalue weighted by atomic mass is 16.2. The zero-order valence-electron chi connectivity index (χ0n) is 9.25. The molecule has 2 atom stereocenters. The maximum atomic E-state index is 11.3. The van der Waals surface area contributed by atoms with Crippen LogP contribution in [0.25, 0.3) is 0 Å². The molecule has 3 fully saturated rings. The first-order chi connectivity index (χ1) is 7.18. The number of nitrogens with zero attached hydrogens (tertiary/aromatic N) is 1. The molecule has 3 heterocycles. The van der Waals surface area contributed by atoms with Gasteiger partial charge in [0.25, 0.3) is 0 Å². The van der Waals surface area contributed by atoms with Crippen LogP contribution in [0, 0.1) is 0 Å². The fraction of sp³-hybridized carbons (Fsp3) is 0.909. The number of rotatable bonds is 0. The van der Waals surface area contributed by atoms with Crippen LogP contribution in [0.1, 0.15) is 25.7 Å². The Kier molecular flexibility index (Phi) is 2.04. The minimum absolute atomic E-state index is 0.175. The van der Waals surface area contributed by atoms with Crippen LogP contribution in [-0.4, -0.2) is 48.6 Å². The molecule has 3 saturated heterocycles. The highest BCUT2D eigenvalue weighted by Crippen LogP contribution is 2.37. The molecule has 3 aliphatic rings. The van der Waals surface area contributed by atoms with Gasteiger partial charge < -0.3 is 10.6 Å². The Bertz CT molecular complexity index is 280. The van der Waals surface area contributed by atoms with Gasteiger partial charge in [0.1, 0.15) is 0 Å². The topological polar surface area (TPSA) is 44.4 Å². The maximum absolute atomic E-state index is 11.3. The van der Waals surface area contributed by atoms with Gasteiger partial charge in [-0.3, -0.25) is 9.69 Å². The second kappa shape index (κ2) is 3.19. The number of hydrogen-bond donors (Lipinski definition) is 2. The summed E-state index contributed by atoms with van der Waals surface area (Å²) in [6.45, 7) is 1.41. The number of piperidine rings is 1. The summed E-state index contributed by atoms with van der Waals surface area (Å²) in [6.07, 6.45) is 5.02. The maximum Gasteiger partial charge on any atom is 0.234 e. The molecule has 3 rings (SSSR count). The standard InChI is InChI=1S/C11H19N3O/c1-14-6-10(15)12-7-11(14)4-8-2-3-9(5-11)13-8/h8-9,13H,2-7H2,1H3,(H,12,15). The monoisotopic (exact) mass is 209 g/mol. The van der Waals surface area contributed by atoms with E-state index in [4.69, 9.17) is 0 Å². The van der Waals surface area contributed by atoms with Crippen molar-refractivity contribution in [3.8, 4) is 0 Å². The fourth-order valence-electron chi connectivity index (χ4n) is 3.52. The molecule has 0 aromatic carbocycles. The SMILES string of the molecule is CN1CC(=O)NCC12CC1CCC(C2)N1. The molecule has 1 spiro atoms. The van der Waals surface area contributed by atoms with Crippen molar-refractivity contribution >= 4 is 5.91 Å². The van der Waals surface area contributed by atoms with Crippen LogP contribution in [0.5, 0.6) is 0 Å². The number of likely N-dealkylation sites (N-methyl/N-ethyl adjacent to an activating group) is 1. The molecule has 0 aliphatic carbocycles. The lowest BCUT2D eigenvalue weighted by atomic mass is 9.81. The molecule has 4 nitrogen and oxygen atoms in total. The molecule has 0 aromatic rings. The van der Waals surface area contributed by atoms with E-state index in [0.29, 0.717) is 18.6 Å². The Morgan fingerprint density at radius 3 is 2.60 bits per heavy atom. The third-order valence-electron chi connectivity index (χ3n) is 4.39. The molecule has 2 unspecified atom stereocenters. The Morgan fingerprint density at radius 2 is 2.00 bits per heavy atom. The van der Waals surface area contributed by atoms with Crippen molar-refractivity contribution in [2.75, 3.05) is 20.1 Å². The summed E-state index contributed by atoms with van der Waals surface area (Å²) in [5.41, 5.74) is 0.241. The third-order valence-corrected chi connectivity index (χ3v) is 4.39. The summed E-state index contributed by atoms with van der Waals surface area (Å²) in [4.78, 5) is 13.6. The number of nitrogens with one attached hydrogen (secondary N) is 2. The van der Waals surface area contributed by atoms with Gasteiger partial charge in [0.05, 0.1) is 6.54 Å². The number of carbonyl (C=O) groups excluding carboxylic acids is 1. The van der Waals surface area contributed by atoms with Crippen LogP contribution < -0.4 is 10.6 Å². The van der Waals surface area contributed by atoms with Crippen molar-refractivity contribution in [3.05, 3.63) is 0 Å². The Balaban J connectivity index is 1.81. The molecular formula is C11H19N3O. The van der Waals surface area contributed by atoms with E-state index in [-0.39, 0.29) is 11.4 Å². The highest BCUT2D eigenvalue weighted by molar-refractivity contribution is 5.79. The molecule has 2 bridgehead atoms. The number of piperazine rings is 1. The summed E-state index contributed by atoms with van der Waals surface area (Å²) in [5.74, 6) is 0.175. The van der Waals surface area contributed by atoms with Gasteiger partial charge in [0, 0.05) is 24.2 Å². The Morgan fingerprint density at radius 1 is 1.33 bits per heavy atom. The summed E-state index contributed by atoms with van der Waals surface area (Å²) < 4.78 is 0. The van der Waals surface area contributed by atoms with Gasteiger partial charge in [-0.1, -0.05) is 0 Å². The van der Waals surface area contributed by atoms with Gasteiger partial charge in [0.2, 0.25) is 5.91 Å². The van der Waals surface area contributed by atoms with E-state index in [1.807, 2.05) is 0 Å². The van der Waals surface area contributed by atoms with Crippen molar-refractivity contribution in [2.24, 2.45) is 0 Å². The van der Waals surface area contributed by atoms with E-state index in [9.17, 15) is 4.79 Å². The van der Waals surface area contributed by atoms with Gasteiger partial charge in [-0.25, -0.2) is 0 Å². The molecule has 0 radical (unpaired) electrons. The van der Waals surface area contributed by atoms with Crippen molar-refractivity contribution in [3.63, 3.8) is 0 Å². The van der Waals surface area contributed by atoms with E-state index >= 15 is 0 Å². The van der Waals surface area contributed by atoms with Crippen LogP contribution >= 0.6 is 0 Å². The second-order valence-corrected chi connectivity index (χ2v) is 5.40. The quantitative estimate of drug-likeness (QED) is 0.576. The van der Waals surface area contributed by atoms with Gasteiger partial charge in [-0.15, -0.1) is 0 Å². The number of hydrogen-bond acceptors (Lipinski definition) is 3. The molecular weight excluding hydrogens is 190 g/mol. The minimum Gasteiger partial charge on any atom is -0.353 e. The first-order valence-corrected chi connectivity index (χ1v) is 5.92. The van der Waals surface area contributed by atoms with Crippen LogP contribution in [-0.2, 0) is 4.79 Å². The molecule has 15 heavy (non-hydrogen) atoms. The largest absolute Gasteiger partial charge is 0.353 e. The lowest BCUT2D eigenvalue weighted by Crippen LogP contribution is -2.66. The first-order valence-electron chi connectivity index (χ1n) is 5.92. The lowest BCUT2D eigenvalue weighted by molar-refractivity contribution is -0.128. The van der Waals surface area contributed by atoms with E-state index in [1.165, 1.54) is 25.7 Å². The summed E-state index contributed by atoms with van der Waals surface area (Å²) in [6, 6.07) is 1.36. The zero-order chi connectivity index (χ0) is 10.5. The molecule has 84 valence electrons. The van der Waals surface area contributed by atoms with Crippen molar-refractivity contribution in [2.45, 2.75) is 43.3 Å². The first kappa shape index (κ1) is 9.60. The van der Waals surface area contributed by atoms with E-state index in [0.717, 1.165) is 6.54 Å². The van der Waals surface area contributed by atoms with Crippen molar-refractivity contribution in [1.82, 2.24) is 15.5 Å². The predicted octanol–water partition coefficient (Wildman–Crippen LogP) is -0.299. The zero-order valence-corrected chi connectivity index (χ0v) is 9.25. The normalized spacial score (nSPS) is 45.8. The van der Waals surface area contributed by atoms with E-state index in [2.05, 4.69) is 22.6 Å². The van der Waals surface area contributed by atoms with Crippen LogP contribution in [0.4, 0.5) is 0 Å². The number of amides is 1. The van der Waals surface area contributed by atoms with Gasteiger partial charge >= 0.3 is 0 Å². The van der Waals surface area contributed by atoms with Gasteiger partial charge in [0.15, 0.2) is 0 Å². The predicted molar refractivity (Wildman–Crippen MR) is 57.6 cm³/mol. The molecule has 3 aliphatic heterocycles. The van der Waals surface area contributed by atoms with E-state index < -0.39 is 0 Å². The molecule has 1 amide bonds.